The fourth-order valence-corrected chi connectivity index (χ4v) is 3.54. The number of likely N-dealkylation sites (N-methyl/N-ethyl adjacent to an activating group) is 1. The first-order valence-corrected chi connectivity index (χ1v) is 7.90. The van der Waals surface area contributed by atoms with Crippen LogP contribution in [0.25, 0.3) is 0 Å². The van der Waals surface area contributed by atoms with Gasteiger partial charge in [-0.3, -0.25) is 0 Å². The maximum atomic E-state index is 12.2. The van der Waals surface area contributed by atoms with Crippen LogP contribution in [0.3, 0.4) is 0 Å². The molecule has 0 bridgehead atoms. The summed E-state index contributed by atoms with van der Waals surface area (Å²) in [6.45, 7) is 1.74. The van der Waals surface area contributed by atoms with E-state index in [1.165, 1.54) is 0 Å². The summed E-state index contributed by atoms with van der Waals surface area (Å²) in [6.07, 6.45) is 1.39. The molecule has 0 aromatic heterocycles. The SMILES string of the molecule is CN1CCC(NS(=O)(=O)c2ccc(CCO)cc2)C1. The molecule has 1 aromatic rings. The Kier molecular flexibility index (Phi) is 4.57. The summed E-state index contributed by atoms with van der Waals surface area (Å²) in [7, 11) is -1.45. The molecular formula is C13H20N2O3S. The Balaban J connectivity index is 2.06. The van der Waals surface area contributed by atoms with Gasteiger partial charge in [-0.2, -0.15) is 0 Å². The summed E-state index contributed by atoms with van der Waals surface area (Å²) in [6, 6.07) is 6.65. The lowest BCUT2D eigenvalue weighted by molar-refractivity contribution is 0.299. The van der Waals surface area contributed by atoms with E-state index < -0.39 is 10.0 Å². The van der Waals surface area contributed by atoms with E-state index in [9.17, 15) is 8.42 Å². The highest BCUT2D eigenvalue weighted by Crippen LogP contribution is 2.14. The van der Waals surface area contributed by atoms with E-state index in [1.807, 2.05) is 7.05 Å². The number of aliphatic hydroxyl groups is 1. The highest BCUT2D eigenvalue weighted by Gasteiger charge is 2.25. The molecule has 106 valence electrons. The highest BCUT2D eigenvalue weighted by atomic mass is 32.2. The van der Waals surface area contributed by atoms with Gasteiger partial charge in [0.25, 0.3) is 0 Å². The van der Waals surface area contributed by atoms with Crippen molar-refractivity contribution in [3.05, 3.63) is 29.8 Å². The molecule has 1 aliphatic heterocycles. The molecule has 5 nitrogen and oxygen atoms in total. The molecule has 1 saturated heterocycles. The number of hydrogen-bond acceptors (Lipinski definition) is 4. The summed E-state index contributed by atoms with van der Waals surface area (Å²) < 4.78 is 27.1. The van der Waals surface area contributed by atoms with Crippen molar-refractivity contribution in [1.29, 1.82) is 0 Å². The minimum Gasteiger partial charge on any atom is -0.396 e. The number of benzene rings is 1. The minimum absolute atomic E-state index is 0.00730. The Hall–Kier alpha value is -0.950. The molecule has 0 radical (unpaired) electrons. The number of nitrogens with zero attached hydrogens (tertiary/aromatic N) is 1. The van der Waals surface area contributed by atoms with E-state index in [0.29, 0.717) is 6.42 Å². The van der Waals surface area contributed by atoms with Gasteiger partial charge in [-0.05, 0) is 44.1 Å². The second-order valence-electron chi connectivity index (χ2n) is 4.99. The number of sulfonamides is 1. The van der Waals surface area contributed by atoms with Gasteiger partial charge in [0.05, 0.1) is 4.90 Å². The Morgan fingerprint density at radius 3 is 2.58 bits per heavy atom. The zero-order chi connectivity index (χ0) is 13.9. The van der Waals surface area contributed by atoms with Gasteiger partial charge in [-0.15, -0.1) is 0 Å². The molecule has 0 amide bonds. The van der Waals surface area contributed by atoms with E-state index in [-0.39, 0.29) is 17.5 Å². The molecule has 6 heteroatoms. The summed E-state index contributed by atoms with van der Waals surface area (Å²) in [5.74, 6) is 0. The molecule has 19 heavy (non-hydrogen) atoms. The molecule has 0 aliphatic carbocycles. The van der Waals surface area contributed by atoms with Crippen molar-refractivity contribution in [3.63, 3.8) is 0 Å². The molecule has 2 N–H and O–H groups in total. The molecule has 1 aromatic carbocycles. The van der Waals surface area contributed by atoms with E-state index in [0.717, 1.165) is 25.1 Å². The highest BCUT2D eigenvalue weighted by molar-refractivity contribution is 7.89. The predicted octanol–water partition coefficient (Wildman–Crippen LogP) is 0.204. The van der Waals surface area contributed by atoms with Crippen LogP contribution in [0.5, 0.6) is 0 Å². The molecule has 1 fully saturated rings. The minimum atomic E-state index is -3.44. The lowest BCUT2D eigenvalue weighted by Gasteiger charge is -2.13. The van der Waals surface area contributed by atoms with Gasteiger partial charge in [0.2, 0.25) is 10.0 Å². The average Bonchev–Trinajstić information content (AvgIpc) is 2.75. The van der Waals surface area contributed by atoms with Gasteiger partial charge in [0, 0.05) is 19.2 Å². The van der Waals surface area contributed by atoms with E-state index in [1.54, 1.807) is 24.3 Å². The maximum Gasteiger partial charge on any atom is 0.240 e. The zero-order valence-electron chi connectivity index (χ0n) is 11.0. The van der Waals surface area contributed by atoms with Crippen LogP contribution in [-0.4, -0.2) is 51.2 Å². The number of likely N-dealkylation sites (tertiary alicyclic amines) is 1. The van der Waals surface area contributed by atoms with E-state index in [2.05, 4.69) is 9.62 Å². The molecule has 2 rings (SSSR count). The number of aliphatic hydroxyl groups excluding tert-OH is 1. The van der Waals surface area contributed by atoms with Crippen LogP contribution in [0, 0.1) is 0 Å². The normalized spacial score (nSPS) is 20.8. The Morgan fingerprint density at radius 1 is 1.37 bits per heavy atom. The molecular weight excluding hydrogens is 264 g/mol. The van der Waals surface area contributed by atoms with Crippen LogP contribution in [-0.2, 0) is 16.4 Å². The van der Waals surface area contributed by atoms with Gasteiger partial charge in [0.15, 0.2) is 0 Å². The summed E-state index contributed by atoms with van der Waals surface area (Å²) in [4.78, 5) is 2.39. The van der Waals surface area contributed by atoms with Crippen LogP contribution in [0.2, 0.25) is 0 Å². The summed E-state index contributed by atoms with van der Waals surface area (Å²) in [5.41, 5.74) is 0.932. The Morgan fingerprint density at radius 2 is 2.05 bits per heavy atom. The Labute approximate surface area is 114 Å². The van der Waals surface area contributed by atoms with Crippen molar-refractivity contribution < 1.29 is 13.5 Å². The molecule has 1 unspecified atom stereocenters. The van der Waals surface area contributed by atoms with Crippen LogP contribution in [0.15, 0.2) is 29.2 Å². The van der Waals surface area contributed by atoms with Crippen molar-refractivity contribution in [2.24, 2.45) is 0 Å². The topological polar surface area (TPSA) is 69.6 Å². The van der Waals surface area contributed by atoms with Gasteiger partial charge in [0.1, 0.15) is 0 Å². The third kappa shape index (κ3) is 3.76. The molecule has 0 saturated carbocycles. The quantitative estimate of drug-likeness (QED) is 0.810. The van der Waals surface area contributed by atoms with Crippen molar-refractivity contribution in [3.8, 4) is 0 Å². The molecule has 0 spiro atoms. The van der Waals surface area contributed by atoms with Gasteiger partial charge in [-0.1, -0.05) is 12.1 Å². The third-order valence-electron chi connectivity index (χ3n) is 3.35. The smallest absolute Gasteiger partial charge is 0.240 e. The summed E-state index contributed by atoms with van der Waals surface area (Å²) in [5, 5.41) is 8.83. The van der Waals surface area contributed by atoms with E-state index in [4.69, 9.17) is 5.11 Å². The summed E-state index contributed by atoms with van der Waals surface area (Å²) >= 11 is 0. The van der Waals surface area contributed by atoms with Crippen LogP contribution >= 0.6 is 0 Å². The standard InChI is InChI=1S/C13H20N2O3S/c1-15-8-6-12(10-15)14-19(17,18)13-4-2-11(3-5-13)7-9-16/h2-5,12,14,16H,6-10H2,1H3. The molecule has 1 heterocycles. The second-order valence-corrected chi connectivity index (χ2v) is 6.70. The number of hydrogen-bond donors (Lipinski definition) is 2. The van der Waals surface area contributed by atoms with Gasteiger partial charge in [-0.25, -0.2) is 13.1 Å². The van der Waals surface area contributed by atoms with Crippen LogP contribution < -0.4 is 4.72 Å². The monoisotopic (exact) mass is 284 g/mol. The predicted molar refractivity (Wildman–Crippen MR) is 73.5 cm³/mol. The molecule has 1 aliphatic rings. The third-order valence-corrected chi connectivity index (χ3v) is 4.88. The van der Waals surface area contributed by atoms with Crippen molar-refractivity contribution in [1.82, 2.24) is 9.62 Å². The number of nitrogens with one attached hydrogen (secondary N) is 1. The fraction of sp³-hybridized carbons (Fsp3) is 0.538. The van der Waals surface area contributed by atoms with Crippen molar-refractivity contribution in [2.45, 2.75) is 23.8 Å². The second kappa shape index (κ2) is 6.00. The van der Waals surface area contributed by atoms with Gasteiger partial charge < -0.3 is 10.0 Å². The van der Waals surface area contributed by atoms with Crippen LogP contribution in [0.1, 0.15) is 12.0 Å². The van der Waals surface area contributed by atoms with E-state index >= 15 is 0 Å². The zero-order valence-corrected chi connectivity index (χ0v) is 11.9. The van der Waals surface area contributed by atoms with Crippen molar-refractivity contribution >= 4 is 10.0 Å². The van der Waals surface area contributed by atoms with Gasteiger partial charge >= 0.3 is 0 Å². The number of rotatable bonds is 5. The first kappa shape index (κ1) is 14.5. The maximum absolute atomic E-state index is 12.2. The fourth-order valence-electron chi connectivity index (χ4n) is 2.28. The van der Waals surface area contributed by atoms with Crippen molar-refractivity contribution in [2.75, 3.05) is 26.7 Å². The molecule has 1 atom stereocenters. The Bertz CT molecular complexity index is 513. The lowest BCUT2D eigenvalue weighted by Crippen LogP contribution is -2.36. The average molecular weight is 284 g/mol. The largest absolute Gasteiger partial charge is 0.396 e. The van der Waals surface area contributed by atoms with Crippen LogP contribution in [0.4, 0.5) is 0 Å². The first-order valence-electron chi connectivity index (χ1n) is 6.42. The first-order chi connectivity index (χ1) is 9.01. The lowest BCUT2D eigenvalue weighted by atomic mass is 10.2.